The van der Waals surface area contributed by atoms with Gasteiger partial charge in [-0.15, -0.1) is 0 Å². The van der Waals surface area contributed by atoms with Crippen molar-refractivity contribution in [1.29, 1.82) is 0 Å². The molecule has 1 aliphatic heterocycles. The first-order valence-electron chi connectivity index (χ1n) is 6.15. The van der Waals surface area contributed by atoms with E-state index in [0.29, 0.717) is 5.56 Å². The summed E-state index contributed by atoms with van der Waals surface area (Å²) >= 11 is 0. The summed E-state index contributed by atoms with van der Waals surface area (Å²) < 4.78 is 0. The number of nitrogens with one attached hydrogen (secondary N) is 2. The molecule has 18 heavy (non-hydrogen) atoms. The molecule has 0 saturated carbocycles. The maximum atomic E-state index is 12.4. The zero-order valence-electron chi connectivity index (χ0n) is 10.0. The predicted octanol–water partition coefficient (Wildman–Crippen LogP) is 0.393. The number of aromatic amines is 1. The van der Waals surface area contributed by atoms with Crippen molar-refractivity contribution in [2.45, 2.75) is 6.42 Å². The lowest BCUT2D eigenvalue weighted by molar-refractivity contribution is 0.0766. The summed E-state index contributed by atoms with van der Waals surface area (Å²) in [7, 11) is 0. The van der Waals surface area contributed by atoms with Gasteiger partial charge in [0.15, 0.2) is 0 Å². The molecule has 0 bridgehead atoms. The second kappa shape index (κ2) is 4.73. The highest BCUT2D eigenvalue weighted by atomic mass is 16.2. The number of H-pyrrole nitrogens is 1. The van der Waals surface area contributed by atoms with Crippen LogP contribution in [0.3, 0.4) is 0 Å². The maximum absolute atomic E-state index is 12.4. The molecule has 2 aromatic rings. The minimum atomic E-state index is 0.0728. The molecular weight excluding hydrogens is 230 g/mol. The van der Waals surface area contributed by atoms with Crippen molar-refractivity contribution in [1.82, 2.24) is 25.6 Å². The standard InChI is InChI=1S/C12H15N5O/c18-12(17-6-1-4-13-5-7-17)9-2-3-10-11(8-9)15-16-14-10/h2-3,8,13H,1,4-7H2,(H,14,15,16). The summed E-state index contributed by atoms with van der Waals surface area (Å²) in [5.74, 6) is 0.0728. The van der Waals surface area contributed by atoms with E-state index in [1.165, 1.54) is 0 Å². The van der Waals surface area contributed by atoms with Gasteiger partial charge in [0.05, 0.1) is 0 Å². The van der Waals surface area contributed by atoms with Gasteiger partial charge in [0.25, 0.3) is 5.91 Å². The van der Waals surface area contributed by atoms with E-state index in [-0.39, 0.29) is 5.91 Å². The highest BCUT2D eigenvalue weighted by Gasteiger charge is 2.17. The number of amides is 1. The molecule has 6 heteroatoms. The molecule has 94 valence electrons. The molecular formula is C12H15N5O. The van der Waals surface area contributed by atoms with Gasteiger partial charge in [-0.25, -0.2) is 0 Å². The lowest BCUT2D eigenvalue weighted by Gasteiger charge is -2.19. The van der Waals surface area contributed by atoms with Crippen molar-refractivity contribution in [2.24, 2.45) is 0 Å². The van der Waals surface area contributed by atoms with Crippen LogP contribution in [-0.2, 0) is 0 Å². The van der Waals surface area contributed by atoms with Crippen molar-refractivity contribution in [2.75, 3.05) is 26.2 Å². The minimum absolute atomic E-state index is 0.0728. The topological polar surface area (TPSA) is 73.9 Å². The average molecular weight is 245 g/mol. The second-order valence-corrected chi connectivity index (χ2v) is 4.42. The van der Waals surface area contributed by atoms with Gasteiger partial charge < -0.3 is 10.2 Å². The van der Waals surface area contributed by atoms with Crippen molar-refractivity contribution >= 4 is 16.9 Å². The molecule has 2 N–H and O–H groups in total. The van der Waals surface area contributed by atoms with E-state index in [1.54, 1.807) is 6.07 Å². The Kier molecular flexibility index (Phi) is 2.93. The van der Waals surface area contributed by atoms with Gasteiger partial charge in [0.2, 0.25) is 0 Å². The molecule has 1 fully saturated rings. The van der Waals surface area contributed by atoms with Crippen LogP contribution in [0.1, 0.15) is 16.8 Å². The third kappa shape index (κ3) is 2.06. The number of carbonyl (C=O) groups is 1. The molecule has 1 saturated heterocycles. The van der Waals surface area contributed by atoms with Crippen molar-refractivity contribution in [3.63, 3.8) is 0 Å². The van der Waals surface area contributed by atoms with Gasteiger partial charge in [-0.3, -0.25) is 4.79 Å². The van der Waals surface area contributed by atoms with E-state index >= 15 is 0 Å². The number of carbonyl (C=O) groups excluding carboxylic acids is 1. The Labute approximate surface area is 104 Å². The number of hydrogen-bond donors (Lipinski definition) is 2. The van der Waals surface area contributed by atoms with Gasteiger partial charge in [0, 0.05) is 25.2 Å². The average Bonchev–Trinajstić information content (AvgIpc) is 2.69. The van der Waals surface area contributed by atoms with E-state index in [1.807, 2.05) is 17.0 Å². The third-order valence-corrected chi connectivity index (χ3v) is 3.19. The van der Waals surface area contributed by atoms with Crippen molar-refractivity contribution in [3.05, 3.63) is 23.8 Å². The molecule has 0 unspecified atom stereocenters. The first kappa shape index (κ1) is 11.2. The highest BCUT2D eigenvalue weighted by molar-refractivity contribution is 5.97. The first-order chi connectivity index (χ1) is 8.84. The van der Waals surface area contributed by atoms with Gasteiger partial charge >= 0.3 is 0 Å². The Hall–Kier alpha value is -1.95. The quantitative estimate of drug-likeness (QED) is 0.762. The molecule has 0 radical (unpaired) electrons. The Morgan fingerprint density at radius 1 is 1.17 bits per heavy atom. The van der Waals surface area contributed by atoms with Crippen LogP contribution in [0, 0.1) is 0 Å². The third-order valence-electron chi connectivity index (χ3n) is 3.19. The smallest absolute Gasteiger partial charge is 0.253 e. The van der Waals surface area contributed by atoms with Gasteiger partial charge in [0.1, 0.15) is 11.0 Å². The molecule has 6 nitrogen and oxygen atoms in total. The normalized spacial score (nSPS) is 16.8. The summed E-state index contributed by atoms with van der Waals surface area (Å²) in [6, 6.07) is 5.42. The molecule has 0 spiro atoms. The molecule has 1 aromatic carbocycles. The second-order valence-electron chi connectivity index (χ2n) is 4.42. The van der Waals surface area contributed by atoms with Crippen LogP contribution in [-0.4, -0.2) is 52.4 Å². The van der Waals surface area contributed by atoms with Gasteiger partial charge in [-0.05, 0) is 31.2 Å². The van der Waals surface area contributed by atoms with Crippen LogP contribution in [0.5, 0.6) is 0 Å². The van der Waals surface area contributed by atoms with Crippen LogP contribution in [0.4, 0.5) is 0 Å². The van der Waals surface area contributed by atoms with Gasteiger partial charge in [-0.2, -0.15) is 15.4 Å². The fourth-order valence-electron chi connectivity index (χ4n) is 2.20. The van der Waals surface area contributed by atoms with E-state index in [4.69, 9.17) is 0 Å². The number of hydrogen-bond acceptors (Lipinski definition) is 4. The predicted molar refractivity (Wildman–Crippen MR) is 67.3 cm³/mol. The van der Waals surface area contributed by atoms with Crippen molar-refractivity contribution in [3.8, 4) is 0 Å². The number of nitrogens with zero attached hydrogens (tertiary/aromatic N) is 3. The Bertz CT molecular complexity index is 556. The van der Waals surface area contributed by atoms with E-state index in [0.717, 1.165) is 43.6 Å². The lowest BCUT2D eigenvalue weighted by atomic mass is 10.1. The van der Waals surface area contributed by atoms with E-state index < -0.39 is 0 Å². The SMILES string of the molecule is O=C(c1ccc2n[nH]nc2c1)N1CCCNCC1. The van der Waals surface area contributed by atoms with Crippen LogP contribution in [0.15, 0.2) is 18.2 Å². The van der Waals surface area contributed by atoms with E-state index in [9.17, 15) is 4.79 Å². The van der Waals surface area contributed by atoms with Crippen LogP contribution >= 0.6 is 0 Å². The van der Waals surface area contributed by atoms with Gasteiger partial charge in [-0.1, -0.05) is 0 Å². The monoisotopic (exact) mass is 245 g/mol. The molecule has 1 aliphatic rings. The number of rotatable bonds is 1. The highest BCUT2D eigenvalue weighted by Crippen LogP contribution is 2.13. The molecule has 1 amide bonds. The van der Waals surface area contributed by atoms with Crippen LogP contribution < -0.4 is 5.32 Å². The molecule has 3 rings (SSSR count). The Morgan fingerprint density at radius 3 is 3.00 bits per heavy atom. The largest absolute Gasteiger partial charge is 0.337 e. The zero-order valence-corrected chi connectivity index (χ0v) is 10.0. The van der Waals surface area contributed by atoms with E-state index in [2.05, 4.69) is 20.7 Å². The summed E-state index contributed by atoms with van der Waals surface area (Å²) in [5, 5.41) is 13.8. The Morgan fingerprint density at radius 2 is 2.06 bits per heavy atom. The molecule has 0 aliphatic carbocycles. The summed E-state index contributed by atoms with van der Waals surface area (Å²) in [5.41, 5.74) is 2.19. The maximum Gasteiger partial charge on any atom is 0.253 e. The van der Waals surface area contributed by atoms with Crippen LogP contribution in [0.2, 0.25) is 0 Å². The summed E-state index contributed by atoms with van der Waals surface area (Å²) in [4.78, 5) is 14.2. The van der Waals surface area contributed by atoms with Crippen LogP contribution in [0.25, 0.3) is 11.0 Å². The fraction of sp³-hybridized carbons (Fsp3) is 0.417. The number of aromatic nitrogens is 3. The number of fused-ring (bicyclic) bond motifs is 1. The summed E-state index contributed by atoms with van der Waals surface area (Å²) in [6.45, 7) is 3.41. The minimum Gasteiger partial charge on any atom is -0.337 e. The first-order valence-corrected chi connectivity index (χ1v) is 6.15. The lowest BCUT2D eigenvalue weighted by Crippen LogP contribution is -2.34. The van der Waals surface area contributed by atoms with Crippen molar-refractivity contribution < 1.29 is 4.79 Å². The number of benzene rings is 1. The Balaban J connectivity index is 1.85. The zero-order chi connectivity index (χ0) is 12.4. The molecule has 1 aromatic heterocycles. The fourth-order valence-corrected chi connectivity index (χ4v) is 2.20. The summed E-state index contributed by atoms with van der Waals surface area (Å²) in [6.07, 6.45) is 0.998. The molecule has 2 heterocycles. The molecule has 0 atom stereocenters.